The van der Waals surface area contributed by atoms with E-state index < -0.39 is 16.0 Å². The highest BCUT2D eigenvalue weighted by molar-refractivity contribution is 7.85. The van der Waals surface area contributed by atoms with Gasteiger partial charge < -0.3 is 19.3 Å². The SMILES string of the molecule is CCCCN(c1ccc(OCC)cc1)c1ccc(C(c2ccc(N(CCCC)c3ccc(OCC)cc3)cc2)c2ccccc2S(=O)(=O)O)cc1. The zero-order chi connectivity index (χ0) is 36.2. The number of unbranched alkanes of at least 4 members (excludes halogenated alkanes) is 2. The normalized spacial score (nSPS) is 11.4. The van der Waals surface area contributed by atoms with Crippen molar-refractivity contribution in [3.05, 3.63) is 138 Å². The van der Waals surface area contributed by atoms with Gasteiger partial charge in [-0.25, -0.2) is 0 Å². The standard InChI is InChI=1S/C43H50N2O5S/c1-5-9-31-44(37-23-27-39(28-24-37)49-7-3)35-19-15-33(16-20-35)43(41-13-11-12-14-42(41)51(46,47)48)34-17-21-36(22-18-34)45(32-10-6-2)38-25-29-40(30-26-38)50-8-4/h11-30,43H,5-10,31-32H2,1-4H3,(H,46,47,48). The molecule has 5 rings (SSSR count). The van der Waals surface area contributed by atoms with Crippen molar-refractivity contribution >= 4 is 32.9 Å². The number of benzene rings is 5. The summed E-state index contributed by atoms with van der Waals surface area (Å²) in [5, 5.41) is 0. The number of ether oxygens (including phenoxy) is 2. The first-order valence-corrected chi connectivity index (χ1v) is 19.5. The van der Waals surface area contributed by atoms with Gasteiger partial charge in [-0.3, -0.25) is 4.55 Å². The molecule has 0 saturated carbocycles. The van der Waals surface area contributed by atoms with Gasteiger partial charge in [0, 0.05) is 41.8 Å². The maximum absolute atomic E-state index is 12.7. The van der Waals surface area contributed by atoms with Crippen molar-refractivity contribution in [1.82, 2.24) is 0 Å². The van der Waals surface area contributed by atoms with Crippen LogP contribution in [-0.4, -0.2) is 39.3 Å². The van der Waals surface area contributed by atoms with Gasteiger partial charge in [-0.15, -0.1) is 0 Å². The molecule has 0 aliphatic heterocycles. The van der Waals surface area contributed by atoms with Gasteiger partial charge in [0.15, 0.2) is 0 Å². The Kier molecular flexibility index (Phi) is 13.2. The largest absolute Gasteiger partial charge is 0.494 e. The van der Waals surface area contributed by atoms with Crippen LogP contribution in [0.4, 0.5) is 22.7 Å². The molecule has 0 amide bonds. The van der Waals surface area contributed by atoms with Crippen LogP contribution in [0.2, 0.25) is 0 Å². The molecule has 0 aliphatic rings. The molecule has 0 aromatic heterocycles. The second-order valence-corrected chi connectivity index (χ2v) is 13.9. The van der Waals surface area contributed by atoms with E-state index in [2.05, 4.69) is 96.4 Å². The fraction of sp³-hybridized carbons (Fsp3) is 0.302. The van der Waals surface area contributed by atoms with Gasteiger partial charge in [-0.1, -0.05) is 69.2 Å². The third kappa shape index (κ3) is 9.51. The van der Waals surface area contributed by atoms with E-state index in [-0.39, 0.29) is 4.90 Å². The molecule has 0 atom stereocenters. The number of hydrogen-bond acceptors (Lipinski definition) is 6. The molecule has 5 aromatic rings. The first kappa shape index (κ1) is 37.5. The summed E-state index contributed by atoms with van der Waals surface area (Å²) in [5.74, 6) is 1.23. The van der Waals surface area contributed by atoms with E-state index in [1.54, 1.807) is 12.1 Å². The van der Waals surface area contributed by atoms with E-state index in [9.17, 15) is 13.0 Å². The highest BCUT2D eigenvalue weighted by Gasteiger charge is 2.25. The number of anilines is 4. The lowest BCUT2D eigenvalue weighted by atomic mass is 9.85. The summed E-state index contributed by atoms with van der Waals surface area (Å²) in [6.07, 6.45) is 4.17. The van der Waals surface area contributed by atoms with Crippen LogP contribution in [0.5, 0.6) is 11.5 Å². The lowest BCUT2D eigenvalue weighted by Crippen LogP contribution is -2.19. The van der Waals surface area contributed by atoms with Gasteiger partial charge in [-0.2, -0.15) is 8.42 Å². The van der Waals surface area contributed by atoms with Crippen molar-refractivity contribution in [2.45, 2.75) is 64.2 Å². The molecule has 0 bridgehead atoms. The molecule has 51 heavy (non-hydrogen) atoms. The maximum Gasteiger partial charge on any atom is 0.294 e. The average molecular weight is 707 g/mol. The fourth-order valence-corrected chi connectivity index (χ4v) is 7.16. The Morgan fingerprint density at radius 1 is 0.549 bits per heavy atom. The van der Waals surface area contributed by atoms with Crippen LogP contribution in [0.1, 0.15) is 76.0 Å². The minimum Gasteiger partial charge on any atom is -0.494 e. The van der Waals surface area contributed by atoms with Crippen LogP contribution >= 0.6 is 0 Å². The van der Waals surface area contributed by atoms with Crippen molar-refractivity contribution < 1.29 is 22.4 Å². The predicted molar refractivity (Wildman–Crippen MR) is 209 cm³/mol. The minimum absolute atomic E-state index is 0.0962. The molecule has 7 nitrogen and oxygen atoms in total. The molecular weight excluding hydrogens is 657 g/mol. The first-order valence-electron chi connectivity index (χ1n) is 18.0. The lowest BCUT2D eigenvalue weighted by Gasteiger charge is -2.27. The molecule has 1 N–H and O–H groups in total. The van der Waals surface area contributed by atoms with E-state index in [1.165, 1.54) is 6.07 Å². The topological polar surface area (TPSA) is 79.3 Å². The van der Waals surface area contributed by atoms with Gasteiger partial charge in [0.2, 0.25) is 0 Å². The molecule has 268 valence electrons. The van der Waals surface area contributed by atoms with Crippen LogP contribution < -0.4 is 19.3 Å². The Hall–Kier alpha value is -4.79. The summed E-state index contributed by atoms with van der Waals surface area (Å²) in [6.45, 7) is 11.3. The van der Waals surface area contributed by atoms with E-state index in [1.807, 2.05) is 44.2 Å². The van der Waals surface area contributed by atoms with Crippen LogP contribution in [0, 0.1) is 0 Å². The quantitative estimate of drug-likeness (QED) is 0.0718. The average Bonchev–Trinajstić information content (AvgIpc) is 3.14. The maximum atomic E-state index is 12.7. The molecule has 5 aromatic carbocycles. The van der Waals surface area contributed by atoms with Crippen molar-refractivity contribution in [1.29, 1.82) is 0 Å². The van der Waals surface area contributed by atoms with Crippen molar-refractivity contribution in [2.24, 2.45) is 0 Å². The van der Waals surface area contributed by atoms with Crippen LogP contribution in [0.25, 0.3) is 0 Å². The summed E-state index contributed by atoms with van der Waals surface area (Å²) in [7, 11) is -4.48. The smallest absolute Gasteiger partial charge is 0.294 e. The van der Waals surface area contributed by atoms with Gasteiger partial charge in [0.25, 0.3) is 10.1 Å². The predicted octanol–water partition coefficient (Wildman–Crippen LogP) is 10.8. The van der Waals surface area contributed by atoms with Gasteiger partial charge in [0.1, 0.15) is 11.5 Å². The molecule has 0 aliphatic carbocycles. The Morgan fingerprint density at radius 2 is 0.922 bits per heavy atom. The molecule has 0 spiro atoms. The molecule has 0 fully saturated rings. The second kappa shape index (κ2) is 17.9. The third-order valence-electron chi connectivity index (χ3n) is 8.97. The van der Waals surface area contributed by atoms with E-state index in [0.717, 1.165) is 84.1 Å². The van der Waals surface area contributed by atoms with Gasteiger partial charge in [-0.05, 0) is 122 Å². The Labute approximate surface area is 304 Å². The molecule has 0 radical (unpaired) electrons. The molecule has 0 unspecified atom stereocenters. The summed E-state index contributed by atoms with van der Waals surface area (Å²) < 4.78 is 47.0. The summed E-state index contributed by atoms with van der Waals surface area (Å²) >= 11 is 0. The minimum atomic E-state index is -4.48. The van der Waals surface area contributed by atoms with Gasteiger partial charge in [0.05, 0.1) is 18.1 Å². The van der Waals surface area contributed by atoms with Crippen molar-refractivity contribution in [2.75, 3.05) is 36.1 Å². The van der Waals surface area contributed by atoms with Gasteiger partial charge >= 0.3 is 0 Å². The zero-order valence-electron chi connectivity index (χ0n) is 30.2. The zero-order valence-corrected chi connectivity index (χ0v) is 31.0. The molecule has 0 heterocycles. The van der Waals surface area contributed by atoms with Crippen LogP contribution in [0.15, 0.2) is 126 Å². The first-order chi connectivity index (χ1) is 24.8. The summed E-state index contributed by atoms with van der Waals surface area (Å²) in [5.41, 5.74) is 6.57. The summed E-state index contributed by atoms with van der Waals surface area (Å²) in [6, 6.07) is 39.7. The Bertz CT molecular complexity index is 1810. The van der Waals surface area contributed by atoms with Crippen LogP contribution in [0.3, 0.4) is 0 Å². The van der Waals surface area contributed by atoms with Crippen LogP contribution in [-0.2, 0) is 10.1 Å². The van der Waals surface area contributed by atoms with E-state index >= 15 is 0 Å². The second-order valence-electron chi connectivity index (χ2n) is 12.5. The Morgan fingerprint density at radius 3 is 1.27 bits per heavy atom. The summed E-state index contributed by atoms with van der Waals surface area (Å²) in [4.78, 5) is 4.50. The molecule has 0 saturated heterocycles. The number of rotatable bonds is 18. The highest BCUT2D eigenvalue weighted by atomic mass is 32.2. The lowest BCUT2D eigenvalue weighted by molar-refractivity contribution is 0.340. The van der Waals surface area contributed by atoms with Crippen molar-refractivity contribution in [3.63, 3.8) is 0 Å². The molecule has 8 heteroatoms. The third-order valence-corrected chi connectivity index (χ3v) is 9.90. The van der Waals surface area contributed by atoms with E-state index in [0.29, 0.717) is 18.8 Å². The number of hydrogen-bond donors (Lipinski definition) is 1. The highest BCUT2D eigenvalue weighted by Crippen LogP contribution is 2.39. The number of nitrogens with zero attached hydrogens (tertiary/aromatic N) is 2. The Balaban J connectivity index is 1.54. The fourth-order valence-electron chi connectivity index (χ4n) is 6.42. The molecular formula is C43H50N2O5S. The monoisotopic (exact) mass is 706 g/mol. The van der Waals surface area contributed by atoms with E-state index in [4.69, 9.17) is 9.47 Å². The van der Waals surface area contributed by atoms with Crippen molar-refractivity contribution in [3.8, 4) is 11.5 Å².